The molecule has 1 aliphatic rings. The van der Waals surface area contributed by atoms with E-state index in [0.717, 1.165) is 42.6 Å². The highest BCUT2D eigenvalue weighted by Gasteiger charge is 2.20. The normalized spacial score (nSPS) is 19.3. The minimum atomic E-state index is -0.132. The molecule has 1 fully saturated rings. The van der Waals surface area contributed by atoms with E-state index in [4.69, 9.17) is 0 Å². The number of nitrogens with zero attached hydrogens (tertiary/aromatic N) is 2. The molecule has 1 N–H and O–H groups in total. The number of hydrogen-bond donors (Lipinski definition) is 1. The number of rotatable bonds is 2. The SMILES string of the molecule is N#CC(c1cccc(Br)c1)N1CCCNCC1. The second kappa shape index (κ2) is 6.15. The van der Waals surface area contributed by atoms with Crippen LogP contribution in [0.15, 0.2) is 28.7 Å². The number of hydrogen-bond acceptors (Lipinski definition) is 3. The lowest BCUT2D eigenvalue weighted by atomic mass is 10.1. The van der Waals surface area contributed by atoms with Crippen LogP contribution in [0.3, 0.4) is 0 Å². The molecule has 1 aliphatic heterocycles. The van der Waals surface area contributed by atoms with Crippen LogP contribution in [0.2, 0.25) is 0 Å². The standard InChI is InChI=1S/C13H16BrN3/c14-12-4-1-3-11(9-12)13(10-15)17-7-2-5-16-6-8-17/h1,3-4,9,13,16H,2,5-8H2. The van der Waals surface area contributed by atoms with Crippen molar-refractivity contribution in [2.45, 2.75) is 12.5 Å². The van der Waals surface area contributed by atoms with Crippen LogP contribution in [0.4, 0.5) is 0 Å². The van der Waals surface area contributed by atoms with Gasteiger partial charge in [0.05, 0.1) is 6.07 Å². The van der Waals surface area contributed by atoms with E-state index in [2.05, 4.69) is 32.2 Å². The summed E-state index contributed by atoms with van der Waals surface area (Å²) in [5, 5.41) is 12.7. The summed E-state index contributed by atoms with van der Waals surface area (Å²) < 4.78 is 1.03. The predicted molar refractivity (Wildman–Crippen MR) is 71.6 cm³/mol. The third kappa shape index (κ3) is 3.29. The number of benzene rings is 1. The number of halogens is 1. The first-order chi connectivity index (χ1) is 8.31. The molecule has 0 bridgehead atoms. The van der Waals surface area contributed by atoms with Crippen LogP contribution in [0.5, 0.6) is 0 Å². The Balaban J connectivity index is 2.18. The molecule has 0 radical (unpaired) electrons. The topological polar surface area (TPSA) is 39.1 Å². The van der Waals surface area contributed by atoms with E-state index >= 15 is 0 Å². The Morgan fingerprint density at radius 1 is 1.35 bits per heavy atom. The van der Waals surface area contributed by atoms with Gasteiger partial charge in [-0.3, -0.25) is 4.90 Å². The molecular weight excluding hydrogens is 278 g/mol. The van der Waals surface area contributed by atoms with Crippen molar-refractivity contribution in [1.82, 2.24) is 10.2 Å². The van der Waals surface area contributed by atoms with Gasteiger partial charge in [0.1, 0.15) is 6.04 Å². The van der Waals surface area contributed by atoms with Gasteiger partial charge in [-0.15, -0.1) is 0 Å². The molecule has 1 heterocycles. The van der Waals surface area contributed by atoms with E-state index in [9.17, 15) is 5.26 Å². The van der Waals surface area contributed by atoms with Crippen molar-refractivity contribution in [1.29, 1.82) is 5.26 Å². The Morgan fingerprint density at radius 3 is 3.00 bits per heavy atom. The van der Waals surface area contributed by atoms with Gasteiger partial charge in [0.25, 0.3) is 0 Å². The van der Waals surface area contributed by atoms with Crippen LogP contribution in [0.25, 0.3) is 0 Å². The van der Waals surface area contributed by atoms with Crippen molar-refractivity contribution in [3.63, 3.8) is 0 Å². The summed E-state index contributed by atoms with van der Waals surface area (Å²) in [5.41, 5.74) is 1.07. The van der Waals surface area contributed by atoms with E-state index in [-0.39, 0.29) is 6.04 Å². The molecule has 0 saturated carbocycles. The highest BCUT2D eigenvalue weighted by Crippen LogP contribution is 2.23. The summed E-state index contributed by atoms with van der Waals surface area (Å²) in [5.74, 6) is 0. The maximum Gasteiger partial charge on any atom is 0.123 e. The van der Waals surface area contributed by atoms with Gasteiger partial charge in [0, 0.05) is 24.1 Å². The lowest BCUT2D eigenvalue weighted by Gasteiger charge is -2.25. The molecule has 1 aromatic carbocycles. The first kappa shape index (κ1) is 12.6. The Hall–Kier alpha value is -0.890. The quantitative estimate of drug-likeness (QED) is 0.909. The predicted octanol–water partition coefficient (Wildman–Crippen LogP) is 2.31. The fourth-order valence-corrected chi connectivity index (χ4v) is 2.59. The van der Waals surface area contributed by atoms with Gasteiger partial charge in [0.2, 0.25) is 0 Å². The summed E-state index contributed by atoms with van der Waals surface area (Å²) in [7, 11) is 0. The van der Waals surface area contributed by atoms with Crippen LogP contribution in [0.1, 0.15) is 18.0 Å². The lowest BCUT2D eigenvalue weighted by molar-refractivity contribution is 0.252. The molecule has 1 unspecified atom stereocenters. The minimum Gasteiger partial charge on any atom is -0.315 e. The Kier molecular flexibility index (Phi) is 4.55. The van der Waals surface area contributed by atoms with E-state index in [1.54, 1.807) is 0 Å². The van der Waals surface area contributed by atoms with E-state index in [1.807, 2.05) is 24.3 Å². The summed E-state index contributed by atoms with van der Waals surface area (Å²) >= 11 is 3.46. The summed E-state index contributed by atoms with van der Waals surface area (Å²) in [6.07, 6.45) is 1.10. The molecule has 90 valence electrons. The summed E-state index contributed by atoms with van der Waals surface area (Å²) in [6.45, 7) is 3.93. The van der Waals surface area contributed by atoms with Gasteiger partial charge in [-0.1, -0.05) is 28.1 Å². The molecule has 1 aromatic rings. The Bertz CT molecular complexity index is 405. The van der Waals surface area contributed by atoms with Gasteiger partial charge in [-0.2, -0.15) is 5.26 Å². The molecule has 0 aliphatic carbocycles. The molecule has 0 aromatic heterocycles. The monoisotopic (exact) mass is 293 g/mol. The third-order valence-electron chi connectivity index (χ3n) is 3.03. The van der Waals surface area contributed by atoms with Crippen molar-refractivity contribution < 1.29 is 0 Å². The van der Waals surface area contributed by atoms with Crippen LogP contribution in [0, 0.1) is 11.3 Å². The van der Waals surface area contributed by atoms with Gasteiger partial charge < -0.3 is 5.32 Å². The third-order valence-corrected chi connectivity index (χ3v) is 3.52. The van der Waals surface area contributed by atoms with E-state index < -0.39 is 0 Å². The molecule has 0 spiro atoms. The van der Waals surface area contributed by atoms with Crippen molar-refractivity contribution >= 4 is 15.9 Å². The Morgan fingerprint density at radius 2 is 2.24 bits per heavy atom. The van der Waals surface area contributed by atoms with Gasteiger partial charge in [-0.05, 0) is 30.7 Å². The van der Waals surface area contributed by atoms with Crippen LogP contribution in [-0.2, 0) is 0 Å². The van der Waals surface area contributed by atoms with Crippen LogP contribution >= 0.6 is 15.9 Å². The van der Waals surface area contributed by atoms with Gasteiger partial charge in [0.15, 0.2) is 0 Å². The highest BCUT2D eigenvalue weighted by molar-refractivity contribution is 9.10. The van der Waals surface area contributed by atoms with Gasteiger partial charge in [-0.25, -0.2) is 0 Å². The second-order valence-electron chi connectivity index (χ2n) is 4.23. The first-order valence-electron chi connectivity index (χ1n) is 5.91. The molecule has 2 rings (SSSR count). The molecule has 0 amide bonds. The number of nitriles is 1. The zero-order chi connectivity index (χ0) is 12.1. The van der Waals surface area contributed by atoms with E-state index in [0.29, 0.717) is 0 Å². The summed E-state index contributed by atoms with van der Waals surface area (Å²) in [4.78, 5) is 2.25. The molecule has 3 nitrogen and oxygen atoms in total. The average Bonchev–Trinajstić information content (AvgIpc) is 2.59. The Labute approximate surface area is 111 Å². The molecule has 1 saturated heterocycles. The van der Waals surface area contributed by atoms with Crippen LogP contribution < -0.4 is 5.32 Å². The molecular formula is C13H16BrN3. The van der Waals surface area contributed by atoms with E-state index in [1.165, 1.54) is 0 Å². The van der Waals surface area contributed by atoms with Crippen molar-refractivity contribution in [3.8, 4) is 6.07 Å². The first-order valence-corrected chi connectivity index (χ1v) is 6.70. The molecule has 1 atom stereocenters. The minimum absolute atomic E-state index is 0.132. The maximum absolute atomic E-state index is 9.39. The second-order valence-corrected chi connectivity index (χ2v) is 5.14. The molecule has 17 heavy (non-hydrogen) atoms. The largest absolute Gasteiger partial charge is 0.315 e. The maximum atomic E-state index is 9.39. The van der Waals surface area contributed by atoms with Crippen molar-refractivity contribution in [3.05, 3.63) is 34.3 Å². The highest BCUT2D eigenvalue weighted by atomic mass is 79.9. The average molecular weight is 294 g/mol. The zero-order valence-electron chi connectivity index (χ0n) is 9.69. The number of nitrogens with one attached hydrogen (secondary N) is 1. The van der Waals surface area contributed by atoms with Gasteiger partial charge >= 0.3 is 0 Å². The van der Waals surface area contributed by atoms with Crippen LogP contribution in [-0.4, -0.2) is 31.1 Å². The van der Waals surface area contributed by atoms with Crippen molar-refractivity contribution in [2.24, 2.45) is 0 Å². The fourth-order valence-electron chi connectivity index (χ4n) is 2.17. The lowest BCUT2D eigenvalue weighted by Crippen LogP contribution is -2.31. The zero-order valence-corrected chi connectivity index (χ0v) is 11.3. The molecule has 4 heteroatoms. The van der Waals surface area contributed by atoms with Crippen molar-refractivity contribution in [2.75, 3.05) is 26.2 Å². The fraction of sp³-hybridized carbons (Fsp3) is 0.462. The summed E-state index contributed by atoms with van der Waals surface area (Å²) in [6, 6.07) is 10.3. The smallest absolute Gasteiger partial charge is 0.123 e.